The van der Waals surface area contributed by atoms with Gasteiger partial charge in [-0.15, -0.1) is 0 Å². The van der Waals surface area contributed by atoms with E-state index < -0.39 is 36.2 Å². The van der Waals surface area contributed by atoms with Gasteiger partial charge in [0.05, 0.1) is 6.04 Å². The van der Waals surface area contributed by atoms with Crippen LogP contribution in [0, 0.1) is 6.92 Å². The molecule has 4 nitrogen and oxygen atoms in total. The summed E-state index contributed by atoms with van der Waals surface area (Å²) < 4.78 is 25.2. The zero-order valence-electron chi connectivity index (χ0n) is 14.7. The van der Waals surface area contributed by atoms with Crippen LogP contribution in [0.15, 0.2) is 24.3 Å². The Kier molecular flexibility index (Phi) is 4.71. The number of aryl methyl sites for hydroxylation is 1. The summed E-state index contributed by atoms with van der Waals surface area (Å²) in [6.45, 7) is 10.2. The zero-order valence-corrected chi connectivity index (χ0v) is 14.7. The van der Waals surface area contributed by atoms with Gasteiger partial charge in [0.1, 0.15) is 24.1 Å². The maximum Gasteiger partial charge on any atom is 0.413 e. The van der Waals surface area contributed by atoms with E-state index in [4.69, 9.17) is 9.47 Å². The van der Waals surface area contributed by atoms with Crippen molar-refractivity contribution < 1.29 is 18.7 Å². The van der Waals surface area contributed by atoms with Crippen LogP contribution in [0.2, 0.25) is 0 Å². The summed E-state index contributed by atoms with van der Waals surface area (Å²) in [6, 6.07) is 7.03. The lowest BCUT2D eigenvalue weighted by Gasteiger charge is -2.34. The number of benzene rings is 1. The average molecular weight is 323 g/mol. The van der Waals surface area contributed by atoms with Gasteiger partial charge >= 0.3 is 6.09 Å². The molecule has 1 fully saturated rings. The summed E-state index contributed by atoms with van der Waals surface area (Å²) in [6.07, 6.45) is -1.07. The molecule has 1 aliphatic heterocycles. The first kappa shape index (κ1) is 17.7. The van der Waals surface area contributed by atoms with E-state index in [0.29, 0.717) is 0 Å². The van der Waals surface area contributed by atoms with E-state index >= 15 is 0 Å². The molecule has 1 amide bonds. The van der Waals surface area contributed by atoms with Crippen molar-refractivity contribution in [3.8, 4) is 0 Å². The number of nitrogens with zero attached hydrogens (tertiary/aromatic N) is 1. The highest BCUT2D eigenvalue weighted by Crippen LogP contribution is 2.42. The van der Waals surface area contributed by atoms with Crippen molar-refractivity contribution in [2.24, 2.45) is 0 Å². The third-order valence-electron chi connectivity index (χ3n) is 3.83. The number of amides is 1. The van der Waals surface area contributed by atoms with Crippen LogP contribution in [0.3, 0.4) is 0 Å². The standard InChI is InChI=1S/C18H26FNO3/c1-12-7-9-13(10-8-12)15-14(11-19)20(18(5,6)22-15)16(21)23-17(2,3)4/h7-10,14-15H,11H2,1-6H3. The van der Waals surface area contributed by atoms with Crippen LogP contribution in [0.4, 0.5) is 9.18 Å². The first-order valence-corrected chi connectivity index (χ1v) is 7.88. The van der Waals surface area contributed by atoms with Gasteiger partial charge in [0, 0.05) is 0 Å². The fourth-order valence-electron chi connectivity index (χ4n) is 2.84. The second-order valence-corrected chi connectivity index (χ2v) is 7.47. The van der Waals surface area contributed by atoms with Crippen molar-refractivity contribution in [2.45, 2.75) is 65.0 Å². The monoisotopic (exact) mass is 323 g/mol. The Labute approximate surface area is 137 Å². The van der Waals surface area contributed by atoms with Crippen LogP contribution >= 0.6 is 0 Å². The van der Waals surface area contributed by atoms with E-state index in [0.717, 1.165) is 11.1 Å². The molecule has 0 radical (unpaired) electrons. The molecule has 0 aromatic heterocycles. The van der Waals surface area contributed by atoms with Crippen LogP contribution in [0.5, 0.6) is 0 Å². The van der Waals surface area contributed by atoms with Gasteiger partial charge in [0.25, 0.3) is 0 Å². The molecule has 1 heterocycles. The molecule has 23 heavy (non-hydrogen) atoms. The summed E-state index contributed by atoms with van der Waals surface area (Å²) in [5.74, 6) is 0. The molecule has 2 atom stereocenters. The summed E-state index contributed by atoms with van der Waals surface area (Å²) in [4.78, 5) is 13.9. The lowest BCUT2D eigenvalue weighted by molar-refractivity contribution is -0.0797. The van der Waals surface area contributed by atoms with Crippen molar-refractivity contribution >= 4 is 6.09 Å². The molecule has 1 saturated heterocycles. The van der Waals surface area contributed by atoms with E-state index in [1.54, 1.807) is 34.6 Å². The number of carbonyl (C=O) groups is 1. The molecule has 1 aromatic rings. The van der Waals surface area contributed by atoms with Crippen molar-refractivity contribution in [3.05, 3.63) is 35.4 Å². The zero-order chi connectivity index (χ0) is 17.4. The number of carbonyl (C=O) groups excluding carboxylic acids is 1. The van der Waals surface area contributed by atoms with Gasteiger partial charge in [0.2, 0.25) is 0 Å². The van der Waals surface area contributed by atoms with E-state index in [-0.39, 0.29) is 0 Å². The highest BCUT2D eigenvalue weighted by atomic mass is 19.1. The third kappa shape index (κ3) is 3.83. The van der Waals surface area contributed by atoms with Crippen LogP contribution in [-0.2, 0) is 9.47 Å². The third-order valence-corrected chi connectivity index (χ3v) is 3.83. The molecular formula is C18H26FNO3. The first-order chi connectivity index (χ1) is 10.5. The molecule has 1 aromatic carbocycles. The first-order valence-electron chi connectivity index (χ1n) is 7.88. The number of hydrogen-bond donors (Lipinski definition) is 0. The highest BCUT2D eigenvalue weighted by molar-refractivity contribution is 5.70. The molecule has 0 spiro atoms. The summed E-state index contributed by atoms with van der Waals surface area (Å²) in [5, 5.41) is 0. The topological polar surface area (TPSA) is 38.8 Å². The van der Waals surface area contributed by atoms with Gasteiger partial charge < -0.3 is 9.47 Å². The Morgan fingerprint density at radius 2 is 1.87 bits per heavy atom. The van der Waals surface area contributed by atoms with Gasteiger partial charge in [-0.1, -0.05) is 29.8 Å². The number of hydrogen-bond acceptors (Lipinski definition) is 3. The second-order valence-electron chi connectivity index (χ2n) is 7.47. The van der Waals surface area contributed by atoms with Crippen LogP contribution in [-0.4, -0.2) is 35.0 Å². The van der Waals surface area contributed by atoms with Crippen molar-refractivity contribution in [1.82, 2.24) is 4.90 Å². The SMILES string of the molecule is Cc1ccc(C2OC(C)(C)N(C(=O)OC(C)(C)C)C2CF)cc1. The van der Waals surface area contributed by atoms with Crippen molar-refractivity contribution in [2.75, 3.05) is 6.67 Å². The van der Waals surface area contributed by atoms with E-state index in [2.05, 4.69) is 0 Å². The van der Waals surface area contributed by atoms with Crippen molar-refractivity contribution in [3.63, 3.8) is 0 Å². The van der Waals surface area contributed by atoms with Crippen LogP contribution in [0.25, 0.3) is 0 Å². The minimum atomic E-state index is -0.936. The summed E-state index contributed by atoms with van der Waals surface area (Å²) in [5.41, 5.74) is 0.397. The molecular weight excluding hydrogens is 297 g/mol. The van der Waals surface area contributed by atoms with Gasteiger partial charge in [-0.05, 0) is 47.1 Å². The number of ether oxygens (including phenoxy) is 2. The highest BCUT2D eigenvalue weighted by Gasteiger charge is 2.51. The number of alkyl halides is 1. The molecule has 128 valence electrons. The Balaban J connectivity index is 2.32. The normalized spacial score (nSPS) is 23.9. The number of halogens is 1. The average Bonchev–Trinajstić information content (AvgIpc) is 2.68. The Morgan fingerprint density at radius 3 is 2.35 bits per heavy atom. The van der Waals surface area contributed by atoms with Crippen LogP contribution in [0.1, 0.15) is 51.8 Å². The van der Waals surface area contributed by atoms with Gasteiger partial charge in [-0.2, -0.15) is 0 Å². The predicted molar refractivity (Wildman–Crippen MR) is 86.9 cm³/mol. The van der Waals surface area contributed by atoms with E-state index in [9.17, 15) is 9.18 Å². The Bertz CT molecular complexity index is 563. The molecule has 1 aliphatic rings. The fourth-order valence-corrected chi connectivity index (χ4v) is 2.84. The minimum absolute atomic E-state index is 0.511. The summed E-state index contributed by atoms with van der Waals surface area (Å²) >= 11 is 0. The molecule has 0 N–H and O–H groups in total. The second kappa shape index (κ2) is 6.11. The minimum Gasteiger partial charge on any atom is -0.444 e. The Morgan fingerprint density at radius 1 is 1.30 bits per heavy atom. The largest absolute Gasteiger partial charge is 0.444 e. The fraction of sp³-hybridized carbons (Fsp3) is 0.611. The van der Waals surface area contributed by atoms with E-state index in [1.807, 2.05) is 31.2 Å². The molecule has 2 rings (SSSR count). The Hall–Kier alpha value is -1.62. The van der Waals surface area contributed by atoms with Gasteiger partial charge in [-0.25, -0.2) is 9.18 Å². The molecule has 0 saturated carbocycles. The molecule has 0 bridgehead atoms. The molecule has 2 unspecified atom stereocenters. The van der Waals surface area contributed by atoms with Crippen molar-refractivity contribution in [1.29, 1.82) is 0 Å². The summed E-state index contributed by atoms with van der Waals surface area (Å²) in [7, 11) is 0. The maximum absolute atomic E-state index is 13.8. The predicted octanol–water partition coefficient (Wildman–Crippen LogP) is 4.38. The van der Waals surface area contributed by atoms with Crippen LogP contribution < -0.4 is 0 Å². The molecule has 5 heteroatoms. The van der Waals surface area contributed by atoms with Gasteiger partial charge in [-0.3, -0.25) is 4.90 Å². The number of rotatable bonds is 2. The maximum atomic E-state index is 13.8. The van der Waals surface area contributed by atoms with E-state index in [1.165, 1.54) is 4.90 Å². The lowest BCUT2D eigenvalue weighted by atomic mass is 10.0. The van der Waals surface area contributed by atoms with Gasteiger partial charge in [0.15, 0.2) is 0 Å². The molecule has 0 aliphatic carbocycles. The smallest absolute Gasteiger partial charge is 0.413 e. The quantitative estimate of drug-likeness (QED) is 0.811. The lowest BCUT2D eigenvalue weighted by Crippen LogP contribution is -2.50.